The van der Waals surface area contributed by atoms with Crippen molar-refractivity contribution in [3.8, 4) is 0 Å². The molecule has 1 aromatic carbocycles. The molecular weight excluding hydrogens is 750 g/mol. The highest BCUT2D eigenvalue weighted by molar-refractivity contribution is 9.10. The number of carboxylic acids is 1. The lowest BCUT2D eigenvalue weighted by atomic mass is 10.1. The van der Waals surface area contributed by atoms with Gasteiger partial charge in [-0.3, -0.25) is 43.6 Å². The molecule has 0 radical (unpaired) electrons. The second kappa shape index (κ2) is 24.8. The van der Waals surface area contributed by atoms with Crippen LogP contribution < -0.4 is 37.4 Å². The number of hydrogen-bond donors (Lipinski definition) is 8. The minimum Gasteiger partial charge on any atom is -0.480 e. The Balaban J connectivity index is 2.57. The van der Waals surface area contributed by atoms with Crippen molar-refractivity contribution in [2.24, 2.45) is 5.73 Å². The predicted octanol–water partition coefficient (Wildman–Crippen LogP) is -1.00. The van der Waals surface area contributed by atoms with Gasteiger partial charge in [0.15, 0.2) is 0 Å². The number of hydrogen-bond acceptors (Lipinski definition) is 14. The number of benzene rings is 1. The van der Waals surface area contributed by atoms with Gasteiger partial charge in [0.05, 0.1) is 25.8 Å². The van der Waals surface area contributed by atoms with Gasteiger partial charge in [-0.05, 0) is 30.7 Å². The fourth-order valence-corrected chi connectivity index (χ4v) is 4.79. The lowest BCUT2D eigenvalue weighted by molar-refractivity contribution is -0.146. The summed E-state index contributed by atoms with van der Waals surface area (Å²) in [7, 11) is 1.13. The van der Waals surface area contributed by atoms with Gasteiger partial charge in [0.1, 0.15) is 25.2 Å². The molecule has 1 aromatic rings. The molecule has 9 N–H and O–H groups in total. The zero-order chi connectivity index (χ0) is 37.5. The number of carbonyl (C=O) groups excluding carboxylic acids is 7. The number of esters is 2. The van der Waals surface area contributed by atoms with Gasteiger partial charge in [0.25, 0.3) is 0 Å². The summed E-state index contributed by atoms with van der Waals surface area (Å²) >= 11 is 3.73. The van der Waals surface area contributed by atoms with E-state index in [4.69, 9.17) is 20.3 Å². The summed E-state index contributed by atoms with van der Waals surface area (Å²) in [5.74, 6) is -5.33. The molecule has 0 heterocycles. The van der Waals surface area contributed by atoms with E-state index in [0.717, 1.165) is 7.11 Å². The lowest BCUT2D eigenvalue weighted by Crippen LogP contribution is -2.50. The Kier molecular flexibility index (Phi) is 21.7. The Morgan fingerprint density at radius 1 is 0.880 bits per heavy atom. The number of nitrogens with zero attached hydrogens (tertiary/aromatic N) is 1. The highest BCUT2D eigenvalue weighted by atomic mass is 79.9. The van der Waals surface area contributed by atoms with E-state index >= 15 is 0 Å². The minimum atomic E-state index is -1.39. The number of halogens is 1. The van der Waals surface area contributed by atoms with Crippen molar-refractivity contribution >= 4 is 80.2 Å². The number of carboxylic acid groups (broad SMARTS) is 1. The molecule has 278 valence electrons. The first-order valence-corrected chi connectivity index (χ1v) is 17.0. The molecular formula is C29H42BrN7O12S. The first kappa shape index (κ1) is 43.7. The van der Waals surface area contributed by atoms with Gasteiger partial charge in [0, 0.05) is 49.1 Å². The number of ether oxygens (including phenoxy) is 2. The van der Waals surface area contributed by atoms with Crippen LogP contribution in [0.1, 0.15) is 32.1 Å². The van der Waals surface area contributed by atoms with Gasteiger partial charge in [0.2, 0.25) is 23.6 Å². The van der Waals surface area contributed by atoms with Crippen molar-refractivity contribution in [3.05, 3.63) is 28.7 Å². The second-order valence-corrected chi connectivity index (χ2v) is 12.0. The van der Waals surface area contributed by atoms with E-state index in [1.807, 2.05) is 0 Å². The molecule has 0 saturated carbocycles. The molecule has 0 bridgehead atoms. The van der Waals surface area contributed by atoms with Crippen LogP contribution in [0.25, 0.3) is 0 Å². The van der Waals surface area contributed by atoms with Gasteiger partial charge >= 0.3 is 23.1 Å². The number of hydroxylamine groups is 1. The van der Waals surface area contributed by atoms with E-state index in [2.05, 4.69) is 42.5 Å². The van der Waals surface area contributed by atoms with Gasteiger partial charge in [-0.15, -0.1) is 0 Å². The first-order valence-electron chi connectivity index (χ1n) is 15.2. The summed E-state index contributed by atoms with van der Waals surface area (Å²) in [6.07, 6.45) is -0.422. The van der Waals surface area contributed by atoms with E-state index in [0.29, 0.717) is 21.3 Å². The van der Waals surface area contributed by atoms with Crippen LogP contribution in [0.15, 0.2) is 28.7 Å². The zero-order valence-corrected chi connectivity index (χ0v) is 29.6. The number of rotatable bonds is 23. The highest BCUT2D eigenvalue weighted by Crippen LogP contribution is 2.21. The standard InChI is InChI=1S/C29H42BrN7O12S/c1-48-28(45)20(32-13-10-26(43)49-15-14-34-23(39)9-12-33-22(38)8-11-31)6-7-24(40)36-21(27(44)35-16-25(41)42)17-50-29(46)37(47)19-4-2-18(30)3-5-19/h2-5,20-21,32,47H,6-17,31H2,1H3,(H,33,38)(H,34,39)(H,35,44)(H,36,40)(H,41,42). The van der Waals surface area contributed by atoms with Crippen LogP contribution in [-0.4, -0.2) is 121 Å². The van der Waals surface area contributed by atoms with Crippen molar-refractivity contribution < 1.29 is 58.1 Å². The molecule has 0 aliphatic rings. The van der Waals surface area contributed by atoms with Crippen molar-refractivity contribution in [1.29, 1.82) is 0 Å². The van der Waals surface area contributed by atoms with Gasteiger partial charge < -0.3 is 46.9 Å². The fraction of sp³-hybridized carbons (Fsp3) is 0.517. The normalized spacial score (nSPS) is 11.7. The molecule has 1 rings (SSSR count). The Morgan fingerprint density at radius 2 is 1.54 bits per heavy atom. The van der Waals surface area contributed by atoms with Gasteiger partial charge in [-0.25, -0.2) is 0 Å². The molecule has 0 aliphatic carbocycles. The lowest BCUT2D eigenvalue weighted by Gasteiger charge is -2.20. The van der Waals surface area contributed by atoms with Crippen molar-refractivity contribution in [2.75, 3.05) is 57.3 Å². The Labute approximate surface area is 300 Å². The quantitative estimate of drug-likeness (QED) is 0.0286. The molecule has 21 heteroatoms. The van der Waals surface area contributed by atoms with Gasteiger partial charge in [-0.1, -0.05) is 27.7 Å². The topological polar surface area (TPSA) is 285 Å². The summed E-state index contributed by atoms with van der Waals surface area (Å²) in [6, 6.07) is 3.66. The molecule has 0 fully saturated rings. The van der Waals surface area contributed by atoms with Crippen LogP contribution in [0, 0.1) is 0 Å². The van der Waals surface area contributed by atoms with Crippen molar-refractivity contribution in [3.63, 3.8) is 0 Å². The zero-order valence-electron chi connectivity index (χ0n) is 27.2. The summed E-state index contributed by atoms with van der Waals surface area (Å²) in [5, 5.41) is 31.0. The van der Waals surface area contributed by atoms with Crippen LogP contribution in [0.3, 0.4) is 0 Å². The smallest absolute Gasteiger partial charge is 0.322 e. The number of anilines is 1. The van der Waals surface area contributed by atoms with E-state index < -0.39 is 53.6 Å². The minimum absolute atomic E-state index is 0.0358. The highest BCUT2D eigenvalue weighted by Gasteiger charge is 2.26. The van der Waals surface area contributed by atoms with E-state index in [1.54, 1.807) is 12.1 Å². The van der Waals surface area contributed by atoms with E-state index in [1.165, 1.54) is 12.1 Å². The molecule has 0 aliphatic heterocycles. The molecule has 0 aromatic heterocycles. The van der Waals surface area contributed by atoms with Crippen LogP contribution in [0.4, 0.5) is 10.5 Å². The van der Waals surface area contributed by atoms with Crippen molar-refractivity contribution in [2.45, 2.75) is 44.2 Å². The maximum Gasteiger partial charge on any atom is 0.322 e. The fourth-order valence-electron chi connectivity index (χ4n) is 3.76. The molecule has 2 atom stereocenters. The monoisotopic (exact) mass is 791 g/mol. The van der Waals surface area contributed by atoms with E-state index in [9.17, 15) is 43.6 Å². The van der Waals surface area contributed by atoms with Crippen molar-refractivity contribution in [1.82, 2.24) is 26.6 Å². The van der Waals surface area contributed by atoms with E-state index in [-0.39, 0.29) is 88.1 Å². The third kappa shape index (κ3) is 19.0. The van der Waals surface area contributed by atoms with Crippen LogP contribution in [0.5, 0.6) is 0 Å². The number of thioether (sulfide) groups is 1. The molecule has 0 saturated heterocycles. The second-order valence-electron chi connectivity index (χ2n) is 10.1. The maximum atomic E-state index is 12.8. The Hall–Kier alpha value is -4.31. The number of carbonyl (C=O) groups is 8. The average Bonchev–Trinajstić information content (AvgIpc) is 3.08. The molecule has 0 spiro atoms. The summed E-state index contributed by atoms with van der Waals surface area (Å²) in [5.41, 5.74) is 5.41. The number of nitrogens with two attached hydrogens (primary N) is 1. The molecule has 2 unspecified atom stereocenters. The van der Waals surface area contributed by atoms with Crippen LogP contribution in [0.2, 0.25) is 0 Å². The number of methoxy groups -OCH3 is 1. The summed E-state index contributed by atoms with van der Waals surface area (Å²) in [4.78, 5) is 96.3. The third-order valence-electron chi connectivity index (χ3n) is 6.28. The summed E-state index contributed by atoms with van der Waals surface area (Å²) in [6.45, 7) is -0.525. The Bertz CT molecular complexity index is 1320. The maximum absolute atomic E-state index is 12.8. The average molecular weight is 793 g/mol. The largest absolute Gasteiger partial charge is 0.480 e. The summed E-state index contributed by atoms with van der Waals surface area (Å²) < 4.78 is 10.5. The van der Waals surface area contributed by atoms with Gasteiger partial charge in [-0.2, -0.15) is 5.06 Å². The predicted molar refractivity (Wildman–Crippen MR) is 182 cm³/mol. The number of aliphatic carboxylic acids is 1. The first-order chi connectivity index (χ1) is 23.8. The number of amides is 5. The molecule has 19 nitrogen and oxygen atoms in total. The Morgan fingerprint density at radius 3 is 2.18 bits per heavy atom. The SMILES string of the molecule is COC(=O)C(CCC(=O)NC(CSC(=O)N(O)c1ccc(Br)cc1)C(=O)NCC(=O)O)NCCC(=O)OCCNC(=O)CCNC(=O)CCN. The number of nitrogens with one attached hydrogen (secondary N) is 5. The van der Waals surface area contributed by atoms with Crippen LogP contribution >= 0.6 is 27.7 Å². The molecule has 5 amide bonds. The van der Waals surface area contributed by atoms with Crippen LogP contribution in [-0.2, 0) is 43.0 Å². The third-order valence-corrected chi connectivity index (χ3v) is 7.73. The molecule has 50 heavy (non-hydrogen) atoms.